The fraction of sp³-hybridized carbons (Fsp3) is 0.263. The van der Waals surface area contributed by atoms with Gasteiger partial charge in [-0.15, -0.1) is 0 Å². The topological polar surface area (TPSA) is 58.2 Å². The number of carbonyl (C=O) groups excluding carboxylic acids is 2. The van der Waals surface area contributed by atoms with Crippen LogP contribution in [0.15, 0.2) is 54.6 Å². The molecule has 0 aromatic heterocycles. The van der Waals surface area contributed by atoms with Crippen LogP contribution >= 0.6 is 0 Å². The lowest BCUT2D eigenvalue weighted by atomic mass is 10.0. The van der Waals surface area contributed by atoms with Gasteiger partial charge in [0.1, 0.15) is 6.04 Å². The molecule has 1 unspecified atom stereocenters. The summed E-state index contributed by atoms with van der Waals surface area (Å²) in [6.07, 6.45) is -4.39. The van der Waals surface area contributed by atoms with Gasteiger partial charge in [0.15, 0.2) is 0 Å². The van der Waals surface area contributed by atoms with E-state index in [-0.39, 0.29) is 18.5 Å². The third-order valence-corrected chi connectivity index (χ3v) is 3.79. The highest BCUT2D eigenvalue weighted by Crippen LogP contribution is 2.31. The van der Waals surface area contributed by atoms with Crippen molar-refractivity contribution in [1.82, 2.24) is 10.6 Å². The molecule has 138 valence electrons. The summed E-state index contributed by atoms with van der Waals surface area (Å²) in [5.41, 5.74) is -0.174. The third-order valence-electron chi connectivity index (χ3n) is 3.79. The van der Waals surface area contributed by atoms with Crippen LogP contribution in [-0.4, -0.2) is 24.4 Å². The summed E-state index contributed by atoms with van der Waals surface area (Å²) in [4.78, 5) is 24.0. The van der Waals surface area contributed by atoms with Gasteiger partial charge in [-0.25, -0.2) is 0 Å². The van der Waals surface area contributed by atoms with Crippen LogP contribution in [0.25, 0.3) is 0 Å². The molecule has 2 aromatic rings. The molecule has 0 bridgehead atoms. The molecule has 0 saturated heterocycles. The van der Waals surface area contributed by atoms with Crippen molar-refractivity contribution in [3.8, 4) is 0 Å². The zero-order valence-corrected chi connectivity index (χ0v) is 14.1. The van der Waals surface area contributed by atoms with Crippen molar-refractivity contribution in [2.24, 2.45) is 0 Å². The maximum absolute atomic E-state index is 12.9. The molecule has 2 amide bonds. The van der Waals surface area contributed by atoms with Crippen LogP contribution in [-0.2, 0) is 17.4 Å². The number of rotatable bonds is 6. The Kier molecular flexibility index (Phi) is 6.38. The molecular weight excluding hydrogens is 345 g/mol. The zero-order valence-electron chi connectivity index (χ0n) is 14.1. The number of halogens is 3. The smallest absolute Gasteiger partial charge is 0.354 e. The number of hydrogen-bond acceptors (Lipinski definition) is 2. The van der Waals surface area contributed by atoms with Gasteiger partial charge in [0.2, 0.25) is 5.91 Å². The molecule has 0 spiro atoms. The minimum atomic E-state index is -4.43. The molecule has 0 radical (unpaired) electrons. The molecule has 0 aliphatic carbocycles. The van der Waals surface area contributed by atoms with Gasteiger partial charge in [0, 0.05) is 12.1 Å². The molecule has 0 aliphatic heterocycles. The zero-order chi connectivity index (χ0) is 19.2. The van der Waals surface area contributed by atoms with Gasteiger partial charge in [-0.3, -0.25) is 9.59 Å². The summed E-state index contributed by atoms with van der Waals surface area (Å²) < 4.78 is 38.8. The van der Waals surface area contributed by atoms with Gasteiger partial charge in [-0.1, -0.05) is 36.4 Å². The third kappa shape index (κ3) is 5.34. The Morgan fingerprint density at radius 3 is 2.27 bits per heavy atom. The van der Waals surface area contributed by atoms with Crippen molar-refractivity contribution in [3.63, 3.8) is 0 Å². The molecule has 0 fully saturated rings. The second kappa shape index (κ2) is 8.51. The molecule has 26 heavy (non-hydrogen) atoms. The standard InChI is InChI=1S/C19H19F3N2O2/c1-13(24-18(26)15-8-3-2-4-9-15)17(25)23-12-11-14-7-5-6-10-16(14)19(20,21)22/h2-10,13H,11-12H2,1H3,(H,23,25)(H,24,26). The Morgan fingerprint density at radius 2 is 1.62 bits per heavy atom. The summed E-state index contributed by atoms with van der Waals surface area (Å²) >= 11 is 0. The molecule has 2 rings (SSSR count). The van der Waals surface area contributed by atoms with Crippen LogP contribution in [0.3, 0.4) is 0 Å². The molecule has 4 nitrogen and oxygen atoms in total. The van der Waals surface area contributed by atoms with E-state index in [4.69, 9.17) is 0 Å². The van der Waals surface area contributed by atoms with Gasteiger partial charge in [-0.05, 0) is 37.1 Å². The van der Waals surface area contributed by atoms with Crippen molar-refractivity contribution in [2.45, 2.75) is 25.6 Å². The first-order chi connectivity index (χ1) is 12.3. The van der Waals surface area contributed by atoms with Gasteiger partial charge < -0.3 is 10.6 Å². The molecule has 0 saturated carbocycles. The Balaban J connectivity index is 1.86. The largest absolute Gasteiger partial charge is 0.416 e. The van der Waals surface area contributed by atoms with Gasteiger partial charge in [0.05, 0.1) is 5.56 Å². The van der Waals surface area contributed by atoms with Crippen LogP contribution in [0.2, 0.25) is 0 Å². The van der Waals surface area contributed by atoms with Crippen molar-refractivity contribution < 1.29 is 22.8 Å². The van der Waals surface area contributed by atoms with Crippen molar-refractivity contribution >= 4 is 11.8 Å². The van der Waals surface area contributed by atoms with Crippen molar-refractivity contribution in [1.29, 1.82) is 0 Å². The summed E-state index contributed by atoms with van der Waals surface area (Å²) in [7, 11) is 0. The fourth-order valence-electron chi connectivity index (χ4n) is 2.42. The van der Waals surface area contributed by atoms with E-state index >= 15 is 0 Å². The molecule has 2 N–H and O–H groups in total. The monoisotopic (exact) mass is 364 g/mol. The average Bonchev–Trinajstić information content (AvgIpc) is 2.61. The highest BCUT2D eigenvalue weighted by molar-refractivity contribution is 5.97. The second-order valence-corrected chi connectivity index (χ2v) is 5.76. The minimum Gasteiger partial charge on any atom is -0.354 e. The number of carbonyl (C=O) groups is 2. The lowest BCUT2D eigenvalue weighted by Crippen LogP contribution is -2.45. The SMILES string of the molecule is CC(NC(=O)c1ccccc1)C(=O)NCCc1ccccc1C(F)(F)F. The quantitative estimate of drug-likeness (QED) is 0.827. The first-order valence-corrected chi connectivity index (χ1v) is 8.08. The van der Waals surface area contributed by atoms with Crippen LogP contribution in [0.1, 0.15) is 28.4 Å². The predicted octanol–water partition coefficient (Wildman–Crippen LogP) is 3.18. The maximum Gasteiger partial charge on any atom is 0.416 e. The number of hydrogen-bond donors (Lipinski definition) is 2. The van der Waals surface area contributed by atoms with Gasteiger partial charge >= 0.3 is 6.18 Å². The second-order valence-electron chi connectivity index (χ2n) is 5.76. The van der Waals surface area contributed by atoms with Crippen molar-refractivity contribution in [2.75, 3.05) is 6.54 Å². The van der Waals surface area contributed by atoms with Crippen LogP contribution in [0.5, 0.6) is 0 Å². The first kappa shape index (κ1) is 19.5. The lowest BCUT2D eigenvalue weighted by Gasteiger charge is -2.15. The Morgan fingerprint density at radius 1 is 1.00 bits per heavy atom. The number of benzene rings is 2. The number of nitrogens with one attached hydrogen (secondary N) is 2. The summed E-state index contributed by atoms with van der Waals surface area (Å²) in [6.45, 7) is 1.55. The molecular formula is C19H19F3N2O2. The highest BCUT2D eigenvalue weighted by Gasteiger charge is 2.32. The Hall–Kier alpha value is -2.83. The summed E-state index contributed by atoms with van der Waals surface area (Å²) in [6, 6.07) is 12.9. The number of alkyl halides is 3. The van der Waals surface area contributed by atoms with Crippen LogP contribution < -0.4 is 10.6 Å². The summed E-state index contributed by atoms with van der Waals surface area (Å²) in [5, 5.41) is 5.09. The van der Waals surface area contributed by atoms with E-state index in [9.17, 15) is 22.8 Å². The van der Waals surface area contributed by atoms with Gasteiger partial charge in [-0.2, -0.15) is 13.2 Å². The molecule has 1 atom stereocenters. The molecule has 0 heterocycles. The van der Waals surface area contributed by atoms with Crippen molar-refractivity contribution in [3.05, 3.63) is 71.3 Å². The lowest BCUT2D eigenvalue weighted by molar-refractivity contribution is -0.138. The molecule has 0 aliphatic rings. The minimum absolute atomic E-state index is 0.0392. The van der Waals surface area contributed by atoms with E-state index in [1.807, 2.05) is 0 Å². The maximum atomic E-state index is 12.9. The highest BCUT2D eigenvalue weighted by atomic mass is 19.4. The van der Waals surface area contributed by atoms with E-state index in [1.165, 1.54) is 25.1 Å². The molecule has 2 aromatic carbocycles. The fourth-order valence-corrected chi connectivity index (χ4v) is 2.42. The van der Waals surface area contributed by atoms with Gasteiger partial charge in [0.25, 0.3) is 5.91 Å². The normalized spacial score (nSPS) is 12.3. The van der Waals surface area contributed by atoms with E-state index in [0.717, 1.165) is 6.07 Å². The average molecular weight is 364 g/mol. The van der Waals surface area contributed by atoms with E-state index in [1.54, 1.807) is 30.3 Å². The Bertz CT molecular complexity index is 761. The number of amides is 2. The van der Waals surface area contributed by atoms with Crippen LogP contribution in [0.4, 0.5) is 13.2 Å². The first-order valence-electron chi connectivity index (χ1n) is 8.08. The summed E-state index contributed by atoms with van der Waals surface area (Å²) in [5.74, 6) is -0.852. The predicted molar refractivity (Wildman–Crippen MR) is 91.5 cm³/mol. The Labute approximate surface area is 149 Å². The van der Waals surface area contributed by atoms with Crippen LogP contribution in [0, 0.1) is 0 Å². The van der Waals surface area contributed by atoms with E-state index in [0.29, 0.717) is 5.56 Å². The van der Waals surface area contributed by atoms with E-state index in [2.05, 4.69) is 10.6 Å². The van der Waals surface area contributed by atoms with E-state index < -0.39 is 29.6 Å². The molecule has 7 heteroatoms.